The molecular formula is C34H28N4S4. The molecule has 4 aromatic rings. The maximum Gasteiger partial charge on any atom is 0.0902 e. The Balaban J connectivity index is 0.994. The number of aromatic nitrogens is 4. The Hall–Kier alpha value is -2.26. The van der Waals surface area contributed by atoms with Gasteiger partial charge in [-0.15, -0.1) is 0 Å². The first kappa shape index (κ1) is 25.1. The predicted molar refractivity (Wildman–Crippen MR) is 176 cm³/mol. The lowest BCUT2D eigenvalue weighted by Crippen LogP contribution is -2.34. The van der Waals surface area contributed by atoms with Gasteiger partial charge in [-0.05, 0) is 47.9 Å². The van der Waals surface area contributed by atoms with Gasteiger partial charge >= 0.3 is 0 Å². The van der Waals surface area contributed by atoms with Gasteiger partial charge in [0, 0.05) is 43.3 Å². The number of benzene rings is 2. The Morgan fingerprint density at radius 1 is 0.500 bits per heavy atom. The van der Waals surface area contributed by atoms with Crippen LogP contribution < -0.4 is 0 Å². The van der Waals surface area contributed by atoms with Crippen LogP contribution in [0.1, 0.15) is 87.0 Å². The van der Waals surface area contributed by atoms with Crippen LogP contribution in [0.2, 0.25) is 0 Å². The van der Waals surface area contributed by atoms with Crippen LogP contribution in [0, 0.1) is 10.8 Å². The highest BCUT2D eigenvalue weighted by Gasteiger charge is 2.45. The summed E-state index contributed by atoms with van der Waals surface area (Å²) in [5, 5.41) is 0. The van der Waals surface area contributed by atoms with Gasteiger partial charge in [-0.2, -0.15) is 0 Å². The fourth-order valence-corrected chi connectivity index (χ4v) is 13.3. The zero-order valence-corrected chi connectivity index (χ0v) is 27.0. The van der Waals surface area contributed by atoms with E-state index in [0.717, 1.165) is 34.9 Å². The van der Waals surface area contributed by atoms with Crippen molar-refractivity contribution in [2.75, 3.05) is 0 Å². The molecule has 6 aliphatic carbocycles. The quantitative estimate of drug-likeness (QED) is 0.180. The molecule has 0 radical (unpaired) electrons. The lowest BCUT2D eigenvalue weighted by Gasteiger charge is -2.44. The van der Waals surface area contributed by atoms with Crippen molar-refractivity contribution >= 4 is 69.1 Å². The molecule has 4 heterocycles. The zero-order valence-electron chi connectivity index (χ0n) is 23.8. The van der Waals surface area contributed by atoms with Gasteiger partial charge in [0.2, 0.25) is 0 Å². The molecule has 4 nitrogen and oxygen atoms in total. The molecule has 0 amide bonds. The third kappa shape index (κ3) is 3.44. The van der Waals surface area contributed by atoms with E-state index in [4.69, 9.17) is 19.9 Å². The fourth-order valence-electron chi connectivity index (χ4n) is 7.95. The summed E-state index contributed by atoms with van der Waals surface area (Å²) >= 11 is 7.54. The van der Waals surface area contributed by atoms with Crippen LogP contribution in [0.25, 0.3) is 22.1 Å². The average Bonchev–Trinajstić information content (AvgIpc) is 3.55. The van der Waals surface area contributed by atoms with Crippen LogP contribution in [0.5, 0.6) is 0 Å². The first-order valence-electron chi connectivity index (χ1n) is 14.7. The number of rotatable bonds is 0. The second-order valence-electron chi connectivity index (χ2n) is 13.9. The molecule has 2 aromatic carbocycles. The number of thioether (sulfide) groups is 4. The minimum Gasteiger partial charge on any atom is -0.249 e. The second-order valence-corrected chi connectivity index (χ2v) is 18.6. The van der Waals surface area contributed by atoms with E-state index < -0.39 is 0 Å². The standard InChI is InChI=1S/C34H28N4S4/c1-33(2)13-15-5-7-17(33)29-27(15)35-19-9-23-25(11-21(19)37-29)41-31(39-23)32-40-24-10-20-22(12-26(24)42-32)38-30-18-8-6-16(28(30)36-20)14-34(18,3)4/h5-12,15-18H,13-14H2,1-4H3. The molecule has 8 aliphatic rings. The van der Waals surface area contributed by atoms with Gasteiger partial charge in [-0.3, -0.25) is 0 Å². The van der Waals surface area contributed by atoms with E-state index in [9.17, 15) is 0 Å². The van der Waals surface area contributed by atoms with Crippen molar-refractivity contribution in [1.29, 1.82) is 0 Å². The highest BCUT2D eigenvalue weighted by molar-refractivity contribution is 8.30. The molecule has 0 N–H and O–H groups in total. The van der Waals surface area contributed by atoms with Gasteiger partial charge in [0.15, 0.2) is 0 Å². The number of allylic oxidation sites excluding steroid dienone is 4. The van der Waals surface area contributed by atoms with Crippen LogP contribution in [0.3, 0.4) is 0 Å². The average molecular weight is 621 g/mol. The molecule has 2 aromatic heterocycles. The predicted octanol–water partition coefficient (Wildman–Crippen LogP) is 10.1. The maximum atomic E-state index is 5.23. The van der Waals surface area contributed by atoms with Crippen LogP contribution in [0.15, 0.2) is 76.6 Å². The summed E-state index contributed by atoms with van der Waals surface area (Å²) in [4.78, 5) is 26.1. The minimum absolute atomic E-state index is 0.238. The number of hydrogen-bond acceptors (Lipinski definition) is 8. The fraction of sp³-hybridized carbons (Fsp3) is 0.353. The summed E-state index contributed by atoms with van der Waals surface area (Å²) in [7, 11) is 0. The van der Waals surface area contributed by atoms with Crippen LogP contribution >= 0.6 is 47.0 Å². The Kier molecular flexibility index (Phi) is 4.94. The molecule has 208 valence electrons. The first-order valence-corrected chi connectivity index (χ1v) is 18.0. The van der Waals surface area contributed by atoms with Gasteiger partial charge in [0.25, 0.3) is 0 Å². The van der Waals surface area contributed by atoms with Gasteiger partial charge in [-0.25, -0.2) is 19.9 Å². The van der Waals surface area contributed by atoms with Gasteiger partial charge in [0.1, 0.15) is 0 Å². The normalized spacial score (nSPS) is 30.2. The molecule has 0 saturated carbocycles. The van der Waals surface area contributed by atoms with Crippen molar-refractivity contribution in [3.63, 3.8) is 0 Å². The minimum atomic E-state index is 0.238. The molecule has 12 rings (SSSR count). The maximum absolute atomic E-state index is 5.23. The van der Waals surface area contributed by atoms with E-state index in [2.05, 4.69) is 76.3 Å². The Bertz CT molecular complexity index is 1900. The molecule has 0 fully saturated rings. The SMILES string of the molecule is CC1(C)CC2C=CC1c1nc3cc4c(cc3nc12)SC(=C1Sc2cc3nc5c(nc3cc2S1)C1C=CC5CC1(C)C)S4. The third-order valence-electron chi connectivity index (χ3n) is 10.1. The lowest BCUT2D eigenvalue weighted by atomic mass is 9.61. The summed E-state index contributed by atoms with van der Waals surface area (Å²) in [6.07, 6.45) is 11.8. The largest absolute Gasteiger partial charge is 0.249 e. The molecule has 42 heavy (non-hydrogen) atoms. The van der Waals surface area contributed by atoms with Crippen LogP contribution in [0.4, 0.5) is 0 Å². The van der Waals surface area contributed by atoms with Crippen molar-refractivity contribution in [2.24, 2.45) is 10.8 Å². The van der Waals surface area contributed by atoms with Crippen molar-refractivity contribution in [1.82, 2.24) is 19.9 Å². The Labute approximate surface area is 262 Å². The van der Waals surface area contributed by atoms with Crippen LogP contribution in [-0.4, -0.2) is 19.9 Å². The smallest absolute Gasteiger partial charge is 0.0902 e. The summed E-state index contributed by atoms with van der Waals surface area (Å²) in [6.45, 7) is 9.49. The van der Waals surface area contributed by atoms with Gasteiger partial charge in [0.05, 0.1) is 53.3 Å². The summed E-state index contributed by atoms with van der Waals surface area (Å²) in [5.74, 6) is 1.49. The number of fused-ring (bicyclic) bond motifs is 6. The van der Waals surface area contributed by atoms with Crippen molar-refractivity contribution in [2.45, 2.75) is 83.8 Å². The summed E-state index contributed by atoms with van der Waals surface area (Å²) in [6, 6.07) is 9.09. The van der Waals surface area contributed by atoms with Crippen molar-refractivity contribution in [3.05, 3.63) is 79.8 Å². The van der Waals surface area contributed by atoms with E-state index in [1.54, 1.807) is 0 Å². The van der Waals surface area contributed by atoms with E-state index >= 15 is 0 Å². The Morgan fingerprint density at radius 2 is 0.833 bits per heavy atom. The lowest BCUT2D eigenvalue weighted by molar-refractivity contribution is 0.243. The molecule has 0 spiro atoms. The number of nitrogens with zero attached hydrogens (tertiary/aromatic N) is 4. The van der Waals surface area contributed by atoms with Crippen molar-refractivity contribution < 1.29 is 0 Å². The monoisotopic (exact) mass is 620 g/mol. The van der Waals surface area contributed by atoms with Gasteiger partial charge < -0.3 is 0 Å². The Morgan fingerprint density at radius 3 is 1.17 bits per heavy atom. The molecule has 0 saturated heterocycles. The van der Waals surface area contributed by atoms with E-state index in [0.29, 0.717) is 23.7 Å². The highest BCUT2D eigenvalue weighted by Crippen LogP contribution is 2.62. The van der Waals surface area contributed by atoms with Crippen LogP contribution in [-0.2, 0) is 0 Å². The molecular weight excluding hydrogens is 593 g/mol. The summed E-state index contributed by atoms with van der Waals surface area (Å²) in [5.41, 5.74) is 9.37. The third-order valence-corrected chi connectivity index (χ3v) is 15.7. The first-order chi connectivity index (χ1) is 20.2. The van der Waals surface area contributed by atoms with E-state index in [1.807, 2.05) is 47.0 Å². The second kappa shape index (κ2) is 8.26. The molecule has 8 heteroatoms. The molecule has 4 unspecified atom stereocenters. The topological polar surface area (TPSA) is 51.6 Å². The highest BCUT2D eigenvalue weighted by atomic mass is 32.2. The van der Waals surface area contributed by atoms with Crippen molar-refractivity contribution in [3.8, 4) is 0 Å². The summed E-state index contributed by atoms with van der Waals surface area (Å²) < 4.78 is 2.71. The molecule has 4 bridgehead atoms. The molecule has 2 aliphatic heterocycles. The zero-order chi connectivity index (χ0) is 28.1. The van der Waals surface area contributed by atoms with E-state index in [1.165, 1.54) is 50.8 Å². The number of hydrogen-bond donors (Lipinski definition) is 0. The molecule has 4 atom stereocenters. The van der Waals surface area contributed by atoms with E-state index in [-0.39, 0.29) is 10.8 Å². The van der Waals surface area contributed by atoms with Gasteiger partial charge in [-0.1, -0.05) is 99.0 Å².